The van der Waals surface area contributed by atoms with E-state index in [1.54, 1.807) is 30.1 Å². The van der Waals surface area contributed by atoms with Crippen LogP contribution in [0.5, 0.6) is 5.75 Å². The minimum absolute atomic E-state index is 0.0692. The van der Waals surface area contributed by atoms with Crippen molar-refractivity contribution in [2.45, 2.75) is 25.5 Å². The van der Waals surface area contributed by atoms with Crippen LogP contribution in [-0.4, -0.2) is 49.3 Å². The lowest BCUT2D eigenvalue weighted by molar-refractivity contribution is -0.0366. The lowest BCUT2D eigenvalue weighted by Gasteiger charge is -2.23. The van der Waals surface area contributed by atoms with E-state index in [1.165, 1.54) is 13.2 Å². The molecule has 1 aliphatic rings. The standard InChI is InChI=1S/C23H23ClN6O4/c1-29-23(27-21(28-29)13-6-7-14(22(31)32)18(11-13)33-2)26-16-8-9-17-15(20(16)24)12-25-30(17)19-5-3-4-10-34-19/h6-9,11-12,19H,3-5,10H2,1-2H3,(H,31,32)(H,26,27,28). The van der Waals surface area contributed by atoms with Crippen LogP contribution >= 0.6 is 11.6 Å². The topological polar surface area (TPSA) is 116 Å². The van der Waals surface area contributed by atoms with E-state index in [2.05, 4.69) is 20.5 Å². The van der Waals surface area contributed by atoms with Gasteiger partial charge < -0.3 is 19.9 Å². The number of carbonyl (C=O) groups is 1. The first-order valence-electron chi connectivity index (χ1n) is 10.8. The van der Waals surface area contributed by atoms with Gasteiger partial charge >= 0.3 is 5.97 Å². The number of halogens is 1. The molecular weight excluding hydrogens is 460 g/mol. The summed E-state index contributed by atoms with van der Waals surface area (Å²) in [6.45, 7) is 0.735. The molecule has 34 heavy (non-hydrogen) atoms. The molecular formula is C23H23ClN6O4. The highest BCUT2D eigenvalue weighted by Crippen LogP contribution is 2.35. The fourth-order valence-corrected chi connectivity index (χ4v) is 4.33. The molecule has 0 bridgehead atoms. The Morgan fingerprint density at radius 1 is 1.29 bits per heavy atom. The van der Waals surface area contributed by atoms with Crippen LogP contribution in [0.25, 0.3) is 22.3 Å². The molecule has 5 rings (SSSR count). The van der Waals surface area contributed by atoms with E-state index in [1.807, 2.05) is 16.8 Å². The molecule has 0 spiro atoms. The summed E-state index contributed by atoms with van der Waals surface area (Å²) in [5.41, 5.74) is 2.27. The third-order valence-corrected chi connectivity index (χ3v) is 6.25. The monoisotopic (exact) mass is 482 g/mol. The normalized spacial score (nSPS) is 16.0. The Hall–Kier alpha value is -3.63. The Morgan fingerprint density at radius 3 is 2.88 bits per heavy atom. The average molecular weight is 483 g/mol. The van der Waals surface area contributed by atoms with E-state index in [0.717, 1.165) is 36.8 Å². The smallest absolute Gasteiger partial charge is 0.339 e. The number of anilines is 2. The van der Waals surface area contributed by atoms with Gasteiger partial charge in [-0.1, -0.05) is 11.6 Å². The van der Waals surface area contributed by atoms with Gasteiger partial charge in [0.05, 0.1) is 29.5 Å². The van der Waals surface area contributed by atoms with Gasteiger partial charge in [0.25, 0.3) is 0 Å². The predicted octanol–water partition coefficient (Wildman–Crippen LogP) is 4.63. The molecule has 0 saturated carbocycles. The minimum atomic E-state index is -1.07. The number of nitrogens with zero attached hydrogens (tertiary/aromatic N) is 5. The van der Waals surface area contributed by atoms with Gasteiger partial charge in [-0.3, -0.25) is 0 Å². The van der Waals surface area contributed by atoms with Crippen molar-refractivity contribution in [3.63, 3.8) is 0 Å². The van der Waals surface area contributed by atoms with Crippen molar-refractivity contribution in [1.82, 2.24) is 24.5 Å². The van der Waals surface area contributed by atoms with Gasteiger partial charge in [-0.15, -0.1) is 5.10 Å². The van der Waals surface area contributed by atoms with Crippen molar-refractivity contribution in [3.8, 4) is 17.1 Å². The van der Waals surface area contributed by atoms with Crippen LogP contribution in [0.15, 0.2) is 36.5 Å². The fraction of sp³-hybridized carbons (Fsp3) is 0.304. The summed E-state index contributed by atoms with van der Waals surface area (Å²) in [7, 11) is 3.18. The number of carboxylic acid groups (broad SMARTS) is 1. The number of aromatic nitrogens is 5. The molecule has 1 fully saturated rings. The third kappa shape index (κ3) is 3.95. The van der Waals surface area contributed by atoms with E-state index in [0.29, 0.717) is 28.0 Å². The quantitative estimate of drug-likeness (QED) is 0.408. The van der Waals surface area contributed by atoms with E-state index < -0.39 is 5.97 Å². The number of carboxylic acids is 1. The number of aryl methyl sites for hydroxylation is 1. The summed E-state index contributed by atoms with van der Waals surface area (Å²) in [5.74, 6) is 0.0581. The Balaban J connectivity index is 1.43. The van der Waals surface area contributed by atoms with Gasteiger partial charge in [0.15, 0.2) is 12.1 Å². The molecule has 0 radical (unpaired) electrons. The van der Waals surface area contributed by atoms with Crippen molar-refractivity contribution in [3.05, 3.63) is 47.1 Å². The molecule has 0 amide bonds. The molecule has 1 unspecified atom stereocenters. The van der Waals surface area contributed by atoms with Gasteiger partial charge in [0.1, 0.15) is 11.3 Å². The maximum Gasteiger partial charge on any atom is 0.339 e. The molecule has 0 aliphatic carbocycles. The van der Waals surface area contributed by atoms with Gasteiger partial charge in [0, 0.05) is 24.6 Å². The second-order valence-electron chi connectivity index (χ2n) is 8.00. The molecule has 11 heteroatoms. The van der Waals surface area contributed by atoms with Crippen molar-refractivity contribution >= 4 is 40.1 Å². The van der Waals surface area contributed by atoms with Crippen LogP contribution in [0.1, 0.15) is 35.8 Å². The number of rotatable bonds is 6. The Morgan fingerprint density at radius 2 is 2.15 bits per heavy atom. The van der Waals surface area contributed by atoms with Crippen LogP contribution in [0.4, 0.5) is 11.6 Å². The molecule has 1 atom stereocenters. The first-order valence-corrected chi connectivity index (χ1v) is 11.2. The van der Waals surface area contributed by atoms with E-state index in [4.69, 9.17) is 21.1 Å². The summed E-state index contributed by atoms with van der Waals surface area (Å²) < 4.78 is 14.6. The summed E-state index contributed by atoms with van der Waals surface area (Å²) in [6, 6.07) is 8.56. The molecule has 10 nitrogen and oxygen atoms in total. The molecule has 2 aromatic heterocycles. The zero-order chi connectivity index (χ0) is 23.8. The van der Waals surface area contributed by atoms with E-state index >= 15 is 0 Å². The Labute approximate surface area is 200 Å². The lowest BCUT2D eigenvalue weighted by atomic mass is 10.1. The molecule has 4 aromatic rings. The highest BCUT2D eigenvalue weighted by Gasteiger charge is 2.21. The van der Waals surface area contributed by atoms with Gasteiger partial charge in [-0.05, 0) is 49.6 Å². The first kappa shape index (κ1) is 22.2. The maximum atomic E-state index is 11.4. The number of benzene rings is 2. The van der Waals surface area contributed by atoms with Crippen LogP contribution in [0.2, 0.25) is 5.02 Å². The summed E-state index contributed by atoms with van der Waals surface area (Å²) in [4.78, 5) is 15.9. The summed E-state index contributed by atoms with van der Waals surface area (Å²) >= 11 is 6.72. The van der Waals surface area contributed by atoms with Crippen molar-refractivity contribution in [2.75, 3.05) is 19.0 Å². The van der Waals surface area contributed by atoms with Gasteiger partial charge in [-0.25, -0.2) is 14.2 Å². The number of ether oxygens (including phenoxy) is 2. The highest BCUT2D eigenvalue weighted by atomic mass is 35.5. The van der Waals surface area contributed by atoms with Crippen LogP contribution in [0.3, 0.4) is 0 Å². The number of hydrogen-bond acceptors (Lipinski definition) is 7. The molecule has 1 saturated heterocycles. The fourth-order valence-electron chi connectivity index (χ4n) is 4.07. The third-order valence-electron chi connectivity index (χ3n) is 5.84. The summed E-state index contributed by atoms with van der Waals surface area (Å²) in [5, 5.41) is 22.8. The number of methoxy groups -OCH3 is 1. The molecule has 176 valence electrons. The minimum Gasteiger partial charge on any atom is -0.496 e. The van der Waals surface area contributed by atoms with Crippen molar-refractivity contribution in [2.24, 2.45) is 7.05 Å². The van der Waals surface area contributed by atoms with Crippen LogP contribution < -0.4 is 10.1 Å². The van der Waals surface area contributed by atoms with Crippen LogP contribution in [-0.2, 0) is 11.8 Å². The zero-order valence-corrected chi connectivity index (χ0v) is 19.4. The highest BCUT2D eigenvalue weighted by molar-refractivity contribution is 6.38. The number of fused-ring (bicyclic) bond motifs is 1. The van der Waals surface area contributed by atoms with Crippen molar-refractivity contribution < 1.29 is 19.4 Å². The molecule has 3 heterocycles. The number of hydrogen-bond donors (Lipinski definition) is 2. The van der Waals surface area contributed by atoms with Gasteiger partial charge in [0.2, 0.25) is 5.95 Å². The van der Waals surface area contributed by atoms with Crippen LogP contribution in [0, 0.1) is 0 Å². The average Bonchev–Trinajstić information content (AvgIpc) is 3.45. The molecule has 1 aliphatic heterocycles. The number of aromatic carboxylic acids is 1. The van der Waals surface area contributed by atoms with E-state index in [9.17, 15) is 9.90 Å². The summed E-state index contributed by atoms with van der Waals surface area (Å²) in [6.07, 6.45) is 4.78. The lowest BCUT2D eigenvalue weighted by Crippen LogP contribution is -2.18. The SMILES string of the molecule is COc1cc(-c2nc(Nc3ccc4c(cnn4C4CCCCO4)c3Cl)n(C)n2)ccc1C(=O)O. The largest absolute Gasteiger partial charge is 0.496 e. The van der Waals surface area contributed by atoms with Gasteiger partial charge in [-0.2, -0.15) is 10.1 Å². The first-order chi connectivity index (χ1) is 16.5. The molecule has 2 aromatic carbocycles. The number of nitrogens with one attached hydrogen (secondary N) is 1. The van der Waals surface area contributed by atoms with Crippen molar-refractivity contribution in [1.29, 1.82) is 0 Å². The predicted molar refractivity (Wildman–Crippen MR) is 127 cm³/mol. The molecule has 2 N–H and O–H groups in total. The van der Waals surface area contributed by atoms with E-state index in [-0.39, 0.29) is 17.5 Å². The second-order valence-corrected chi connectivity index (χ2v) is 8.38. The Kier molecular flexibility index (Phi) is 5.84. The zero-order valence-electron chi connectivity index (χ0n) is 18.7. The Bertz CT molecular complexity index is 1380. The second kappa shape index (κ2) is 8.96. The maximum absolute atomic E-state index is 11.4.